The molecule has 214 valence electrons. The molecule has 1 aliphatic heterocycles. The molecule has 1 aliphatic carbocycles. The molecule has 1 unspecified atom stereocenters. The molecule has 9 rings (SSSR count). The molecule has 2 aliphatic rings. The molecule has 0 saturated carbocycles. The van der Waals surface area contributed by atoms with Crippen LogP contribution in [0, 0.1) is 11.3 Å². The molecule has 0 N–H and O–H groups in total. The summed E-state index contributed by atoms with van der Waals surface area (Å²) >= 11 is 1.80. The summed E-state index contributed by atoms with van der Waals surface area (Å²) in [6.07, 6.45) is 0. The summed E-state index contributed by atoms with van der Waals surface area (Å²) in [5, 5.41) is 10.0. The van der Waals surface area contributed by atoms with Crippen LogP contribution in [0.3, 0.4) is 0 Å². The van der Waals surface area contributed by atoms with Crippen molar-refractivity contribution < 1.29 is 0 Å². The third-order valence-corrected chi connectivity index (χ3v) is 10.4. The normalized spacial score (nSPS) is 15.4. The van der Waals surface area contributed by atoms with Crippen LogP contribution in [0.2, 0.25) is 0 Å². The van der Waals surface area contributed by atoms with Crippen LogP contribution >= 0.6 is 11.8 Å². The second kappa shape index (κ2) is 10.4. The third-order valence-electron chi connectivity index (χ3n) is 9.20. The Bertz CT molecular complexity index is 2300. The van der Waals surface area contributed by atoms with E-state index in [0.717, 1.165) is 33.6 Å². The first kappa shape index (κ1) is 26.6. The fraction of sp³-hybridized carbons (Fsp3) is 0.0238. The zero-order valence-electron chi connectivity index (χ0n) is 24.7. The third kappa shape index (κ3) is 3.86. The van der Waals surface area contributed by atoms with Crippen LogP contribution in [0.4, 0.5) is 0 Å². The number of aromatic nitrogens is 2. The Kier molecular flexibility index (Phi) is 6.03. The van der Waals surface area contributed by atoms with Gasteiger partial charge in [0.1, 0.15) is 0 Å². The van der Waals surface area contributed by atoms with Crippen LogP contribution < -0.4 is 0 Å². The largest absolute Gasteiger partial charge is 0.228 e. The van der Waals surface area contributed by atoms with Gasteiger partial charge in [-0.15, -0.1) is 0 Å². The standard InChI is InChI=1S/C42H25N3S/c43-26-27-22-23-31-30-16-7-8-18-33(30)42(36(31)24-27)34-19-9-10-21-39(34)46-40-32(17-11-20-35(40)42)38-25-37(28-12-3-1-4-13-28)44-41(45-38)29-14-5-2-6-15-29/h1-25H. The van der Waals surface area contributed by atoms with E-state index in [2.05, 4.69) is 115 Å². The Labute approximate surface area is 271 Å². The van der Waals surface area contributed by atoms with Crippen molar-refractivity contribution in [3.63, 3.8) is 0 Å². The Morgan fingerprint density at radius 1 is 0.500 bits per heavy atom. The molecule has 3 nitrogen and oxygen atoms in total. The lowest BCUT2D eigenvalue weighted by atomic mass is 9.67. The summed E-state index contributed by atoms with van der Waals surface area (Å²) in [7, 11) is 0. The zero-order valence-corrected chi connectivity index (χ0v) is 25.5. The fourth-order valence-corrected chi connectivity index (χ4v) is 8.56. The average molecular weight is 604 g/mol. The number of nitrogens with zero attached hydrogens (tertiary/aromatic N) is 3. The molecular weight excluding hydrogens is 579 g/mol. The zero-order chi connectivity index (χ0) is 30.7. The number of nitriles is 1. The van der Waals surface area contributed by atoms with Gasteiger partial charge in [0.2, 0.25) is 0 Å². The van der Waals surface area contributed by atoms with E-state index in [1.54, 1.807) is 11.8 Å². The first-order chi connectivity index (χ1) is 22.8. The Hall–Kier alpha value is -5.76. The highest BCUT2D eigenvalue weighted by Gasteiger charge is 2.50. The quantitative estimate of drug-likeness (QED) is 0.202. The van der Waals surface area contributed by atoms with Crippen LogP contribution in [0.1, 0.15) is 27.8 Å². The number of hydrogen-bond acceptors (Lipinski definition) is 4. The second-order valence-corrected chi connectivity index (χ2v) is 12.7. The van der Waals surface area contributed by atoms with Crippen LogP contribution in [-0.4, -0.2) is 9.97 Å². The molecule has 0 radical (unpaired) electrons. The van der Waals surface area contributed by atoms with E-state index < -0.39 is 5.41 Å². The minimum Gasteiger partial charge on any atom is -0.228 e. The van der Waals surface area contributed by atoms with Gasteiger partial charge in [-0.1, -0.05) is 139 Å². The van der Waals surface area contributed by atoms with Gasteiger partial charge in [0.25, 0.3) is 0 Å². The lowest BCUT2D eigenvalue weighted by molar-refractivity contribution is 0.723. The smallest absolute Gasteiger partial charge is 0.160 e. The minimum atomic E-state index is -0.580. The van der Waals surface area contributed by atoms with Crippen molar-refractivity contribution in [2.24, 2.45) is 0 Å². The highest BCUT2D eigenvalue weighted by atomic mass is 32.2. The lowest BCUT2D eigenvalue weighted by Gasteiger charge is -2.40. The summed E-state index contributed by atoms with van der Waals surface area (Å²) in [4.78, 5) is 12.6. The number of hydrogen-bond donors (Lipinski definition) is 0. The monoisotopic (exact) mass is 603 g/mol. The summed E-state index contributed by atoms with van der Waals surface area (Å²) in [5.74, 6) is 0.695. The van der Waals surface area contributed by atoms with E-state index in [0.29, 0.717) is 11.4 Å². The van der Waals surface area contributed by atoms with Crippen LogP contribution in [0.15, 0.2) is 161 Å². The lowest BCUT2D eigenvalue weighted by Crippen LogP contribution is -2.32. The molecule has 0 fully saturated rings. The van der Waals surface area contributed by atoms with Gasteiger partial charge in [-0.2, -0.15) is 5.26 Å². The van der Waals surface area contributed by atoms with Gasteiger partial charge < -0.3 is 0 Å². The molecule has 0 amide bonds. The van der Waals surface area contributed by atoms with Gasteiger partial charge in [-0.05, 0) is 57.6 Å². The first-order valence-electron chi connectivity index (χ1n) is 15.3. The van der Waals surface area contributed by atoms with E-state index in [-0.39, 0.29) is 0 Å². The van der Waals surface area contributed by atoms with Crippen molar-refractivity contribution in [2.75, 3.05) is 0 Å². The summed E-state index contributed by atoms with van der Waals surface area (Å²) < 4.78 is 0. The number of fused-ring (bicyclic) bond motifs is 9. The summed E-state index contributed by atoms with van der Waals surface area (Å²) in [5.41, 5.74) is 12.1. The van der Waals surface area contributed by atoms with Gasteiger partial charge >= 0.3 is 0 Å². The summed E-state index contributed by atoms with van der Waals surface area (Å²) in [6.45, 7) is 0. The van der Waals surface area contributed by atoms with Crippen molar-refractivity contribution in [1.82, 2.24) is 9.97 Å². The van der Waals surface area contributed by atoms with Crippen LogP contribution in [0.25, 0.3) is 45.0 Å². The number of rotatable bonds is 3. The highest BCUT2D eigenvalue weighted by Crippen LogP contribution is 2.63. The molecule has 0 bridgehead atoms. The fourth-order valence-electron chi connectivity index (χ4n) is 7.25. The van der Waals surface area contributed by atoms with E-state index in [4.69, 9.17) is 9.97 Å². The Balaban J connectivity index is 1.36. The predicted molar refractivity (Wildman–Crippen MR) is 184 cm³/mol. The van der Waals surface area contributed by atoms with Gasteiger partial charge in [-0.25, -0.2) is 9.97 Å². The van der Waals surface area contributed by atoms with Crippen molar-refractivity contribution in [3.05, 3.63) is 179 Å². The molecule has 6 aromatic carbocycles. The molecule has 7 aromatic rings. The van der Waals surface area contributed by atoms with E-state index in [1.807, 2.05) is 42.5 Å². The average Bonchev–Trinajstić information content (AvgIpc) is 3.42. The Morgan fingerprint density at radius 3 is 1.93 bits per heavy atom. The molecule has 1 aromatic heterocycles. The molecule has 0 saturated heterocycles. The Morgan fingerprint density at radius 2 is 1.13 bits per heavy atom. The van der Waals surface area contributed by atoms with E-state index in [1.165, 1.54) is 37.6 Å². The van der Waals surface area contributed by atoms with Crippen molar-refractivity contribution in [2.45, 2.75) is 15.2 Å². The molecule has 46 heavy (non-hydrogen) atoms. The SMILES string of the molecule is N#Cc1ccc2c(c1)C1(c3ccccc3Sc3c(-c4cc(-c5ccccc5)nc(-c5ccccc5)n4)cccc31)c1ccccc1-2. The van der Waals surface area contributed by atoms with Crippen LogP contribution in [0.5, 0.6) is 0 Å². The highest BCUT2D eigenvalue weighted by molar-refractivity contribution is 7.99. The van der Waals surface area contributed by atoms with Crippen molar-refractivity contribution in [3.8, 4) is 51.1 Å². The van der Waals surface area contributed by atoms with Gasteiger partial charge in [0.05, 0.1) is 28.4 Å². The molecule has 1 atom stereocenters. The summed E-state index contributed by atoms with van der Waals surface area (Å²) in [6, 6.07) is 55.3. The minimum absolute atomic E-state index is 0.580. The second-order valence-electron chi connectivity index (χ2n) is 11.6. The topological polar surface area (TPSA) is 49.6 Å². The van der Waals surface area contributed by atoms with Gasteiger partial charge in [-0.3, -0.25) is 0 Å². The molecule has 4 heteroatoms. The maximum Gasteiger partial charge on any atom is 0.160 e. The van der Waals surface area contributed by atoms with Gasteiger partial charge in [0.15, 0.2) is 5.82 Å². The molecule has 2 heterocycles. The van der Waals surface area contributed by atoms with E-state index in [9.17, 15) is 5.26 Å². The van der Waals surface area contributed by atoms with Crippen LogP contribution in [-0.2, 0) is 5.41 Å². The van der Waals surface area contributed by atoms with Gasteiger partial charge in [0, 0.05) is 26.5 Å². The molecular formula is C42H25N3S. The predicted octanol–water partition coefficient (Wildman–Crippen LogP) is 10.2. The van der Waals surface area contributed by atoms with Crippen molar-refractivity contribution in [1.29, 1.82) is 5.26 Å². The maximum absolute atomic E-state index is 10.0. The van der Waals surface area contributed by atoms with Crippen molar-refractivity contribution >= 4 is 11.8 Å². The maximum atomic E-state index is 10.0. The van der Waals surface area contributed by atoms with E-state index >= 15 is 0 Å². The molecule has 1 spiro atoms. The first-order valence-corrected chi connectivity index (χ1v) is 16.1. The number of benzene rings is 6.